The molecular weight excluding hydrogens is 412 g/mol. The quantitative estimate of drug-likeness (QED) is 0.470. The number of benzene rings is 1. The molecule has 9 nitrogen and oxygen atoms in total. The van der Waals surface area contributed by atoms with Crippen molar-refractivity contribution < 1.29 is 33.4 Å². The molecule has 0 unspecified atom stereocenters. The van der Waals surface area contributed by atoms with Crippen LogP contribution in [0.3, 0.4) is 0 Å². The molecule has 2 aliphatic rings. The van der Waals surface area contributed by atoms with E-state index in [-0.39, 0.29) is 24.0 Å². The van der Waals surface area contributed by atoms with Gasteiger partial charge in [0, 0.05) is 13.1 Å². The molecule has 0 saturated carbocycles. The molecule has 2 saturated heterocycles. The van der Waals surface area contributed by atoms with Crippen LogP contribution in [-0.2, 0) is 23.9 Å². The van der Waals surface area contributed by atoms with Gasteiger partial charge in [0.2, 0.25) is 0 Å². The molecule has 10 heteroatoms. The summed E-state index contributed by atoms with van der Waals surface area (Å²) in [5.41, 5.74) is 0.684. The number of carbonyl (C=O) groups is 4. The van der Waals surface area contributed by atoms with Crippen molar-refractivity contribution in [3.05, 3.63) is 34.7 Å². The van der Waals surface area contributed by atoms with Gasteiger partial charge in [-0.1, -0.05) is 12.1 Å². The number of esters is 1. The fourth-order valence-corrected chi connectivity index (χ4v) is 3.67. The maximum atomic E-state index is 12.4. The predicted molar refractivity (Wildman–Crippen MR) is 109 cm³/mol. The summed E-state index contributed by atoms with van der Waals surface area (Å²) in [5.74, 6) is -0.745. The number of thioether (sulfide) groups is 1. The second-order valence-corrected chi connectivity index (χ2v) is 7.42. The Hall–Kier alpha value is -2.85. The van der Waals surface area contributed by atoms with Gasteiger partial charge >= 0.3 is 5.97 Å². The zero-order valence-corrected chi connectivity index (χ0v) is 17.3. The third kappa shape index (κ3) is 5.61. The standard InChI is InChI=1S/C20H22N2O7S/c1-2-28-18(24)12-22-19(25)16(30-20(22)26)11-14-3-5-15(6-4-14)29-13-17(23)21-7-9-27-10-8-21/h3-6,11H,2,7-10,12-13H2,1H3/b16-11+. The first kappa shape index (κ1) is 21.8. The first-order valence-electron chi connectivity index (χ1n) is 9.47. The highest BCUT2D eigenvalue weighted by Crippen LogP contribution is 2.32. The first-order chi connectivity index (χ1) is 14.5. The molecule has 2 heterocycles. The van der Waals surface area contributed by atoms with Crippen molar-refractivity contribution in [1.82, 2.24) is 9.80 Å². The van der Waals surface area contributed by atoms with Crippen LogP contribution in [0.4, 0.5) is 4.79 Å². The van der Waals surface area contributed by atoms with Crippen LogP contribution in [-0.4, -0.2) is 78.9 Å². The van der Waals surface area contributed by atoms with Crippen molar-refractivity contribution in [2.45, 2.75) is 6.92 Å². The molecule has 3 amide bonds. The van der Waals surface area contributed by atoms with Crippen molar-refractivity contribution in [3.63, 3.8) is 0 Å². The summed E-state index contributed by atoms with van der Waals surface area (Å²) in [6.07, 6.45) is 1.57. The highest BCUT2D eigenvalue weighted by molar-refractivity contribution is 8.18. The lowest BCUT2D eigenvalue weighted by molar-refractivity contribution is -0.146. The monoisotopic (exact) mass is 434 g/mol. The SMILES string of the molecule is CCOC(=O)CN1C(=O)S/C(=C/c2ccc(OCC(=O)N3CCOCC3)cc2)C1=O. The lowest BCUT2D eigenvalue weighted by Crippen LogP contribution is -2.42. The molecule has 160 valence electrons. The van der Waals surface area contributed by atoms with Gasteiger partial charge < -0.3 is 19.1 Å². The van der Waals surface area contributed by atoms with Crippen LogP contribution in [0.15, 0.2) is 29.2 Å². The number of amides is 3. The molecule has 2 aliphatic heterocycles. The number of hydrogen-bond donors (Lipinski definition) is 0. The average Bonchev–Trinajstić information content (AvgIpc) is 3.01. The number of imide groups is 1. The number of carbonyl (C=O) groups excluding carboxylic acids is 4. The summed E-state index contributed by atoms with van der Waals surface area (Å²) in [6.45, 7) is 3.55. The molecule has 1 aromatic carbocycles. The van der Waals surface area contributed by atoms with Crippen molar-refractivity contribution in [3.8, 4) is 5.75 Å². The van der Waals surface area contributed by atoms with Gasteiger partial charge in [0.15, 0.2) is 6.61 Å². The van der Waals surface area contributed by atoms with Crippen molar-refractivity contribution in [2.24, 2.45) is 0 Å². The zero-order chi connectivity index (χ0) is 21.5. The minimum Gasteiger partial charge on any atom is -0.484 e. The van der Waals surface area contributed by atoms with E-state index in [4.69, 9.17) is 14.2 Å². The highest BCUT2D eigenvalue weighted by Gasteiger charge is 2.36. The van der Waals surface area contributed by atoms with Gasteiger partial charge in [-0.2, -0.15) is 0 Å². The van der Waals surface area contributed by atoms with Gasteiger partial charge in [-0.05, 0) is 42.5 Å². The Kier molecular flexibility index (Phi) is 7.47. The van der Waals surface area contributed by atoms with E-state index in [2.05, 4.69) is 0 Å². The Labute approximate surface area is 177 Å². The van der Waals surface area contributed by atoms with Gasteiger partial charge in [0.05, 0.1) is 24.7 Å². The molecule has 30 heavy (non-hydrogen) atoms. The molecule has 0 radical (unpaired) electrons. The van der Waals surface area contributed by atoms with Gasteiger partial charge in [-0.15, -0.1) is 0 Å². The summed E-state index contributed by atoms with van der Waals surface area (Å²) in [4.78, 5) is 50.9. The molecule has 3 rings (SSSR count). The summed E-state index contributed by atoms with van der Waals surface area (Å²) in [7, 11) is 0. The predicted octanol–water partition coefficient (Wildman–Crippen LogP) is 1.52. The molecule has 0 bridgehead atoms. The number of hydrogen-bond acceptors (Lipinski definition) is 8. The van der Waals surface area contributed by atoms with Crippen molar-refractivity contribution >= 4 is 40.9 Å². The molecule has 0 N–H and O–H groups in total. The highest BCUT2D eigenvalue weighted by atomic mass is 32.2. The van der Waals surface area contributed by atoms with Gasteiger partial charge in [0.25, 0.3) is 17.1 Å². The van der Waals surface area contributed by atoms with Gasteiger partial charge in [-0.25, -0.2) is 0 Å². The van der Waals surface area contributed by atoms with E-state index < -0.39 is 23.7 Å². The Balaban J connectivity index is 1.56. The van der Waals surface area contributed by atoms with Crippen molar-refractivity contribution in [1.29, 1.82) is 0 Å². The second kappa shape index (κ2) is 10.3. The first-order valence-corrected chi connectivity index (χ1v) is 10.3. The molecule has 0 atom stereocenters. The van der Waals surface area contributed by atoms with Crippen LogP contribution < -0.4 is 4.74 Å². The lowest BCUT2D eigenvalue weighted by Gasteiger charge is -2.26. The zero-order valence-electron chi connectivity index (χ0n) is 16.5. The summed E-state index contributed by atoms with van der Waals surface area (Å²) >= 11 is 0.770. The van der Waals surface area contributed by atoms with Crippen LogP contribution >= 0.6 is 11.8 Å². The molecule has 1 aromatic rings. The number of ether oxygens (including phenoxy) is 3. The average molecular weight is 434 g/mol. The second-order valence-electron chi connectivity index (χ2n) is 6.42. The Morgan fingerprint density at radius 1 is 1.17 bits per heavy atom. The smallest absolute Gasteiger partial charge is 0.326 e. The van der Waals surface area contributed by atoms with E-state index in [1.807, 2.05) is 0 Å². The van der Waals surface area contributed by atoms with E-state index in [1.54, 1.807) is 42.2 Å². The normalized spacial score (nSPS) is 18.1. The van der Waals surface area contributed by atoms with Gasteiger partial charge in [-0.3, -0.25) is 24.1 Å². The summed E-state index contributed by atoms with van der Waals surface area (Å²) in [6, 6.07) is 6.80. The minimum absolute atomic E-state index is 0.0634. The number of morpholine rings is 1. The summed E-state index contributed by atoms with van der Waals surface area (Å²) in [5, 5.41) is -0.513. The topological polar surface area (TPSA) is 102 Å². The third-order valence-electron chi connectivity index (χ3n) is 4.37. The third-order valence-corrected chi connectivity index (χ3v) is 5.28. The van der Waals surface area contributed by atoms with Crippen LogP contribution in [0.25, 0.3) is 6.08 Å². The van der Waals surface area contributed by atoms with Crippen LogP contribution in [0, 0.1) is 0 Å². The summed E-state index contributed by atoms with van der Waals surface area (Å²) < 4.78 is 15.5. The number of nitrogens with zero attached hydrogens (tertiary/aromatic N) is 2. The molecule has 2 fully saturated rings. The Morgan fingerprint density at radius 2 is 1.87 bits per heavy atom. The minimum atomic E-state index is -0.630. The fourth-order valence-electron chi connectivity index (χ4n) is 2.83. The fraction of sp³-hybridized carbons (Fsp3) is 0.400. The van der Waals surface area contributed by atoms with Crippen molar-refractivity contribution in [2.75, 3.05) is 46.1 Å². The molecule has 0 aromatic heterocycles. The maximum absolute atomic E-state index is 12.4. The van der Waals surface area contributed by atoms with E-state index >= 15 is 0 Å². The van der Waals surface area contributed by atoms with Crippen LogP contribution in [0.1, 0.15) is 12.5 Å². The van der Waals surface area contributed by atoms with E-state index in [1.165, 1.54) is 0 Å². The Morgan fingerprint density at radius 3 is 2.53 bits per heavy atom. The molecule has 0 spiro atoms. The van der Waals surface area contributed by atoms with E-state index in [0.717, 1.165) is 16.7 Å². The Bertz CT molecular complexity index is 847. The molecule has 0 aliphatic carbocycles. The van der Waals surface area contributed by atoms with Crippen LogP contribution in [0.5, 0.6) is 5.75 Å². The lowest BCUT2D eigenvalue weighted by atomic mass is 10.2. The largest absolute Gasteiger partial charge is 0.484 e. The van der Waals surface area contributed by atoms with E-state index in [0.29, 0.717) is 37.6 Å². The van der Waals surface area contributed by atoms with Crippen LogP contribution in [0.2, 0.25) is 0 Å². The number of rotatable bonds is 7. The van der Waals surface area contributed by atoms with E-state index in [9.17, 15) is 19.2 Å². The maximum Gasteiger partial charge on any atom is 0.326 e. The van der Waals surface area contributed by atoms with Gasteiger partial charge in [0.1, 0.15) is 12.3 Å². The molecular formula is C20H22N2O7S.